The molecule has 1 aliphatic carbocycles. The topological polar surface area (TPSA) is 12.0 Å². The lowest BCUT2D eigenvalue weighted by molar-refractivity contribution is 0.452. The van der Waals surface area contributed by atoms with Gasteiger partial charge in [0.25, 0.3) is 0 Å². The predicted molar refractivity (Wildman–Crippen MR) is 65.4 cm³/mol. The molecule has 2 heteroatoms. The average Bonchev–Trinajstić information content (AvgIpc) is 3.05. The Labute approximate surface area is 96.8 Å². The molecule has 1 fully saturated rings. The summed E-state index contributed by atoms with van der Waals surface area (Å²) in [5, 5.41) is 4.19. The maximum atomic E-state index is 5.91. The first-order chi connectivity index (χ1) is 7.22. The first-order valence-corrected chi connectivity index (χ1v) is 6.03. The van der Waals surface area contributed by atoms with Gasteiger partial charge in [0, 0.05) is 17.0 Å². The van der Waals surface area contributed by atoms with E-state index in [0.29, 0.717) is 12.0 Å². The van der Waals surface area contributed by atoms with E-state index in [1.807, 2.05) is 19.2 Å². The third kappa shape index (κ3) is 2.53. The van der Waals surface area contributed by atoms with Crippen LogP contribution in [0.4, 0.5) is 0 Å². The molecule has 0 bridgehead atoms. The van der Waals surface area contributed by atoms with E-state index in [9.17, 15) is 0 Å². The molecule has 2 unspecified atom stereocenters. The smallest absolute Gasteiger partial charge is 0.0406 e. The molecule has 0 amide bonds. The summed E-state index contributed by atoms with van der Waals surface area (Å²) in [6.07, 6.45) is 2.75. The number of hydrogen-bond acceptors (Lipinski definition) is 1. The quantitative estimate of drug-likeness (QED) is 0.825. The summed E-state index contributed by atoms with van der Waals surface area (Å²) in [5.41, 5.74) is 1.42. The van der Waals surface area contributed by atoms with Gasteiger partial charge >= 0.3 is 0 Å². The minimum Gasteiger partial charge on any atom is -0.317 e. The summed E-state index contributed by atoms with van der Waals surface area (Å²) < 4.78 is 0. The van der Waals surface area contributed by atoms with Crippen LogP contribution in [0.2, 0.25) is 5.02 Å². The van der Waals surface area contributed by atoms with E-state index in [2.05, 4.69) is 24.4 Å². The molecule has 0 radical (unpaired) electrons. The molecular weight excluding hydrogens is 206 g/mol. The fourth-order valence-corrected chi connectivity index (χ4v) is 2.41. The van der Waals surface area contributed by atoms with E-state index >= 15 is 0 Å². The molecule has 1 aromatic rings. The van der Waals surface area contributed by atoms with Crippen LogP contribution in [0.15, 0.2) is 24.3 Å². The monoisotopic (exact) mass is 223 g/mol. The van der Waals surface area contributed by atoms with Crippen molar-refractivity contribution in [3.63, 3.8) is 0 Å². The van der Waals surface area contributed by atoms with Crippen molar-refractivity contribution in [1.29, 1.82) is 0 Å². The molecule has 1 saturated carbocycles. The van der Waals surface area contributed by atoms with Crippen LogP contribution >= 0.6 is 11.6 Å². The van der Waals surface area contributed by atoms with E-state index in [-0.39, 0.29) is 0 Å². The summed E-state index contributed by atoms with van der Waals surface area (Å²) in [6.45, 7) is 2.26. The molecule has 1 N–H and O–H groups in total. The number of rotatable bonds is 4. The van der Waals surface area contributed by atoms with Crippen LogP contribution in [0.25, 0.3) is 0 Å². The van der Waals surface area contributed by atoms with E-state index in [1.165, 1.54) is 18.4 Å². The average molecular weight is 224 g/mol. The zero-order valence-electron chi connectivity index (χ0n) is 9.33. The van der Waals surface area contributed by atoms with Gasteiger partial charge in [-0.1, -0.05) is 23.7 Å². The summed E-state index contributed by atoms with van der Waals surface area (Å²) in [6, 6.07) is 8.86. The van der Waals surface area contributed by atoms with Crippen molar-refractivity contribution in [2.45, 2.75) is 31.7 Å². The van der Waals surface area contributed by atoms with Gasteiger partial charge in [-0.05, 0) is 50.4 Å². The fourth-order valence-electron chi connectivity index (χ4n) is 2.29. The Morgan fingerprint density at radius 1 is 1.27 bits per heavy atom. The highest BCUT2D eigenvalue weighted by Gasteiger charge is 2.35. The van der Waals surface area contributed by atoms with Gasteiger partial charge in [-0.3, -0.25) is 0 Å². The Balaban J connectivity index is 2.20. The van der Waals surface area contributed by atoms with Crippen molar-refractivity contribution >= 4 is 11.6 Å². The predicted octanol–water partition coefficient (Wildman–Crippen LogP) is 3.44. The first kappa shape index (κ1) is 11.0. The van der Waals surface area contributed by atoms with Gasteiger partial charge < -0.3 is 5.32 Å². The molecule has 0 aromatic heterocycles. The molecular formula is C13H18ClN. The molecule has 1 aliphatic rings. The second kappa shape index (κ2) is 4.54. The SMILES string of the molecule is CNC(C)C(c1ccc(Cl)cc1)C1CC1. The summed E-state index contributed by atoms with van der Waals surface area (Å²) in [5.74, 6) is 1.51. The molecule has 1 nitrogen and oxygen atoms in total. The third-order valence-corrected chi connectivity index (χ3v) is 3.63. The van der Waals surface area contributed by atoms with Crippen molar-refractivity contribution < 1.29 is 0 Å². The van der Waals surface area contributed by atoms with Crippen molar-refractivity contribution in [3.8, 4) is 0 Å². The lowest BCUT2D eigenvalue weighted by atomic mass is 9.88. The highest BCUT2D eigenvalue weighted by Crippen LogP contribution is 2.44. The minimum atomic E-state index is 0.540. The van der Waals surface area contributed by atoms with Crippen molar-refractivity contribution in [2.24, 2.45) is 5.92 Å². The van der Waals surface area contributed by atoms with Gasteiger partial charge in [0.2, 0.25) is 0 Å². The Morgan fingerprint density at radius 2 is 1.87 bits per heavy atom. The highest BCUT2D eigenvalue weighted by atomic mass is 35.5. The van der Waals surface area contributed by atoms with Crippen LogP contribution in [-0.4, -0.2) is 13.1 Å². The summed E-state index contributed by atoms with van der Waals surface area (Å²) >= 11 is 5.91. The number of hydrogen-bond donors (Lipinski definition) is 1. The maximum absolute atomic E-state index is 5.91. The number of likely N-dealkylation sites (N-methyl/N-ethyl adjacent to an activating group) is 1. The fraction of sp³-hybridized carbons (Fsp3) is 0.538. The Hall–Kier alpha value is -0.530. The number of nitrogens with one attached hydrogen (secondary N) is 1. The second-order valence-electron chi connectivity index (χ2n) is 4.49. The highest BCUT2D eigenvalue weighted by molar-refractivity contribution is 6.30. The normalized spacial score (nSPS) is 19.9. The van der Waals surface area contributed by atoms with E-state index < -0.39 is 0 Å². The van der Waals surface area contributed by atoms with Crippen LogP contribution in [0, 0.1) is 5.92 Å². The Bertz CT molecular complexity index is 316. The van der Waals surface area contributed by atoms with Crippen LogP contribution in [-0.2, 0) is 0 Å². The van der Waals surface area contributed by atoms with Crippen LogP contribution in [0.3, 0.4) is 0 Å². The lowest BCUT2D eigenvalue weighted by Gasteiger charge is -2.24. The molecule has 1 aromatic carbocycles. The number of halogens is 1. The lowest BCUT2D eigenvalue weighted by Crippen LogP contribution is -2.30. The van der Waals surface area contributed by atoms with Gasteiger partial charge in [0.1, 0.15) is 0 Å². The van der Waals surface area contributed by atoms with Crippen LogP contribution < -0.4 is 5.32 Å². The van der Waals surface area contributed by atoms with E-state index in [0.717, 1.165) is 10.9 Å². The molecule has 0 aliphatic heterocycles. The molecule has 15 heavy (non-hydrogen) atoms. The van der Waals surface area contributed by atoms with Gasteiger partial charge in [-0.15, -0.1) is 0 Å². The first-order valence-electron chi connectivity index (χ1n) is 5.65. The van der Waals surface area contributed by atoms with Crippen molar-refractivity contribution in [2.75, 3.05) is 7.05 Å². The van der Waals surface area contributed by atoms with Crippen LogP contribution in [0.1, 0.15) is 31.2 Å². The third-order valence-electron chi connectivity index (χ3n) is 3.38. The zero-order chi connectivity index (χ0) is 10.8. The summed E-state index contributed by atoms with van der Waals surface area (Å²) in [4.78, 5) is 0. The van der Waals surface area contributed by atoms with Crippen molar-refractivity contribution in [1.82, 2.24) is 5.32 Å². The molecule has 0 saturated heterocycles. The minimum absolute atomic E-state index is 0.540. The van der Waals surface area contributed by atoms with E-state index in [4.69, 9.17) is 11.6 Å². The molecule has 2 rings (SSSR count). The maximum Gasteiger partial charge on any atom is 0.0406 e. The Kier molecular flexibility index (Phi) is 3.32. The summed E-state index contributed by atoms with van der Waals surface area (Å²) in [7, 11) is 2.04. The van der Waals surface area contributed by atoms with Crippen LogP contribution in [0.5, 0.6) is 0 Å². The van der Waals surface area contributed by atoms with Gasteiger partial charge in [-0.2, -0.15) is 0 Å². The van der Waals surface area contributed by atoms with Gasteiger partial charge in [0.15, 0.2) is 0 Å². The molecule has 0 heterocycles. The van der Waals surface area contributed by atoms with Crippen molar-refractivity contribution in [3.05, 3.63) is 34.9 Å². The largest absolute Gasteiger partial charge is 0.317 e. The second-order valence-corrected chi connectivity index (χ2v) is 4.93. The van der Waals surface area contributed by atoms with E-state index in [1.54, 1.807) is 0 Å². The Morgan fingerprint density at radius 3 is 2.33 bits per heavy atom. The molecule has 2 atom stereocenters. The molecule has 0 spiro atoms. The zero-order valence-corrected chi connectivity index (χ0v) is 10.1. The standard InChI is InChI=1S/C13H18ClN/c1-9(15-2)13(10-3-4-10)11-5-7-12(14)8-6-11/h5-10,13,15H,3-4H2,1-2H3. The molecule has 82 valence electrons. The number of benzene rings is 1. The van der Waals surface area contributed by atoms with Gasteiger partial charge in [0.05, 0.1) is 0 Å². The van der Waals surface area contributed by atoms with Gasteiger partial charge in [-0.25, -0.2) is 0 Å².